The monoisotopic (exact) mass is 482 g/mol. The summed E-state index contributed by atoms with van der Waals surface area (Å²) in [6.45, 7) is 4.31. The molecule has 0 saturated carbocycles. The number of nitrogens with one attached hydrogen (secondary N) is 1. The van der Waals surface area contributed by atoms with Gasteiger partial charge in [-0.15, -0.1) is 0 Å². The number of halogens is 2. The molecule has 33 heavy (non-hydrogen) atoms. The summed E-state index contributed by atoms with van der Waals surface area (Å²) >= 11 is 12.3. The number of nitrogens with zero attached hydrogens (tertiary/aromatic N) is 1. The summed E-state index contributed by atoms with van der Waals surface area (Å²) in [5.41, 5.74) is 5.00. The molecule has 1 N–H and O–H groups in total. The topological polar surface area (TPSA) is 49.4 Å². The predicted octanol–water partition coefficient (Wildman–Crippen LogP) is 5.54. The quantitative estimate of drug-likeness (QED) is 0.458. The SMILES string of the molecule is CNC(=O)[C@@H](Cc1ccccc1)N(Cc1ccc(Cl)c(Cl)c1)C(=O)Cc1ccc(C)c(C)c1. The number of carbonyl (C=O) groups is 2. The zero-order chi connectivity index (χ0) is 24.0. The molecule has 0 bridgehead atoms. The lowest BCUT2D eigenvalue weighted by Crippen LogP contribution is -2.50. The molecular formula is C27H28Cl2N2O2. The van der Waals surface area contributed by atoms with Gasteiger partial charge < -0.3 is 10.2 Å². The van der Waals surface area contributed by atoms with Crippen molar-refractivity contribution in [3.8, 4) is 0 Å². The lowest BCUT2D eigenvalue weighted by molar-refractivity contribution is -0.140. The third kappa shape index (κ3) is 6.59. The number of carbonyl (C=O) groups excluding carboxylic acids is 2. The van der Waals surface area contributed by atoms with E-state index in [1.807, 2.05) is 68.4 Å². The van der Waals surface area contributed by atoms with E-state index >= 15 is 0 Å². The van der Waals surface area contributed by atoms with Gasteiger partial charge >= 0.3 is 0 Å². The first-order valence-electron chi connectivity index (χ1n) is 10.8. The van der Waals surface area contributed by atoms with Crippen LogP contribution >= 0.6 is 23.2 Å². The van der Waals surface area contributed by atoms with E-state index < -0.39 is 6.04 Å². The van der Waals surface area contributed by atoms with E-state index in [-0.39, 0.29) is 24.8 Å². The maximum atomic E-state index is 13.6. The van der Waals surface area contributed by atoms with Gasteiger partial charge in [0.05, 0.1) is 16.5 Å². The molecule has 6 heteroatoms. The second-order valence-corrected chi connectivity index (χ2v) is 9.00. The van der Waals surface area contributed by atoms with Gasteiger partial charge in [0.25, 0.3) is 0 Å². The lowest BCUT2D eigenvalue weighted by Gasteiger charge is -2.31. The summed E-state index contributed by atoms with van der Waals surface area (Å²) in [7, 11) is 1.59. The summed E-state index contributed by atoms with van der Waals surface area (Å²) in [6.07, 6.45) is 0.602. The molecule has 0 fully saturated rings. The number of aryl methyl sites for hydroxylation is 2. The Labute approximate surface area is 205 Å². The van der Waals surface area contributed by atoms with E-state index in [1.54, 1.807) is 24.1 Å². The Kier molecular flexibility index (Phi) is 8.54. The Morgan fingerprint density at radius 1 is 0.848 bits per heavy atom. The highest BCUT2D eigenvalue weighted by Crippen LogP contribution is 2.25. The summed E-state index contributed by atoms with van der Waals surface area (Å²) < 4.78 is 0. The molecular weight excluding hydrogens is 455 g/mol. The van der Waals surface area contributed by atoms with Crippen LogP contribution in [0.25, 0.3) is 0 Å². The molecule has 4 nitrogen and oxygen atoms in total. The Balaban J connectivity index is 1.96. The van der Waals surface area contributed by atoms with Crippen LogP contribution in [-0.4, -0.2) is 29.8 Å². The van der Waals surface area contributed by atoms with Gasteiger partial charge in [-0.3, -0.25) is 9.59 Å². The molecule has 0 aliphatic heterocycles. The zero-order valence-corrected chi connectivity index (χ0v) is 20.6. The van der Waals surface area contributed by atoms with Gasteiger partial charge in [-0.25, -0.2) is 0 Å². The van der Waals surface area contributed by atoms with Gasteiger partial charge in [-0.2, -0.15) is 0 Å². The van der Waals surface area contributed by atoms with E-state index in [0.29, 0.717) is 16.5 Å². The highest BCUT2D eigenvalue weighted by Gasteiger charge is 2.30. The zero-order valence-electron chi connectivity index (χ0n) is 19.1. The molecule has 0 aromatic heterocycles. The highest BCUT2D eigenvalue weighted by molar-refractivity contribution is 6.42. The Bertz CT molecular complexity index is 1130. The van der Waals surface area contributed by atoms with E-state index in [1.165, 1.54) is 5.56 Å². The van der Waals surface area contributed by atoms with E-state index in [4.69, 9.17) is 23.2 Å². The van der Waals surface area contributed by atoms with Crippen LogP contribution < -0.4 is 5.32 Å². The van der Waals surface area contributed by atoms with E-state index in [9.17, 15) is 9.59 Å². The summed E-state index contributed by atoms with van der Waals surface area (Å²) in [4.78, 5) is 28.2. The minimum atomic E-state index is -0.675. The molecule has 0 radical (unpaired) electrons. The van der Waals surface area contributed by atoms with Crippen LogP contribution in [0.3, 0.4) is 0 Å². The molecule has 3 rings (SSSR count). The smallest absolute Gasteiger partial charge is 0.242 e. The van der Waals surface area contributed by atoms with Gasteiger partial charge in [0.2, 0.25) is 11.8 Å². The van der Waals surface area contributed by atoms with Crippen LogP contribution in [0, 0.1) is 13.8 Å². The Hall–Kier alpha value is -2.82. The van der Waals surface area contributed by atoms with Crippen LogP contribution in [0.15, 0.2) is 66.7 Å². The second-order valence-electron chi connectivity index (χ2n) is 8.19. The number of hydrogen-bond acceptors (Lipinski definition) is 2. The van der Waals surface area contributed by atoms with E-state index in [0.717, 1.165) is 22.3 Å². The van der Waals surface area contributed by atoms with Gasteiger partial charge in [-0.1, -0.05) is 77.8 Å². The van der Waals surface area contributed by atoms with Gasteiger partial charge in [0.15, 0.2) is 0 Å². The van der Waals surface area contributed by atoms with Crippen molar-refractivity contribution in [1.29, 1.82) is 0 Å². The minimum absolute atomic E-state index is 0.131. The van der Waals surface area contributed by atoms with Crippen LogP contribution in [-0.2, 0) is 29.0 Å². The molecule has 0 aliphatic rings. The van der Waals surface area contributed by atoms with Crippen LogP contribution in [0.2, 0.25) is 10.0 Å². The van der Waals surface area contributed by atoms with Crippen molar-refractivity contribution >= 4 is 35.0 Å². The normalized spacial score (nSPS) is 11.7. The molecule has 0 saturated heterocycles. The first-order valence-corrected chi connectivity index (χ1v) is 11.6. The molecule has 3 aromatic carbocycles. The van der Waals surface area contributed by atoms with Crippen LogP contribution in [0.1, 0.15) is 27.8 Å². The van der Waals surface area contributed by atoms with Gasteiger partial charge in [0, 0.05) is 20.0 Å². The fourth-order valence-electron chi connectivity index (χ4n) is 3.74. The summed E-state index contributed by atoms with van der Waals surface area (Å²) in [5, 5.41) is 3.58. The first-order chi connectivity index (χ1) is 15.8. The van der Waals surface area contributed by atoms with E-state index in [2.05, 4.69) is 5.32 Å². The standard InChI is InChI=1S/C27H28Cl2N2O2/c1-18-9-10-21(13-19(18)2)16-26(32)31(17-22-11-12-23(28)24(29)14-22)25(27(33)30-3)15-20-7-5-4-6-8-20/h4-14,25H,15-17H2,1-3H3,(H,30,33)/t25-/m1/s1. The van der Waals surface area contributed by atoms with Crippen molar-refractivity contribution in [1.82, 2.24) is 10.2 Å². The lowest BCUT2D eigenvalue weighted by atomic mass is 10.0. The van der Waals surface area contributed by atoms with Gasteiger partial charge in [0.1, 0.15) is 6.04 Å². The summed E-state index contributed by atoms with van der Waals surface area (Å²) in [6, 6.07) is 20.3. The Morgan fingerprint density at radius 3 is 2.18 bits per heavy atom. The second kappa shape index (κ2) is 11.4. The molecule has 0 unspecified atom stereocenters. The third-order valence-corrected chi connectivity index (χ3v) is 6.52. The minimum Gasteiger partial charge on any atom is -0.357 e. The fourth-order valence-corrected chi connectivity index (χ4v) is 4.07. The van der Waals surface area contributed by atoms with Crippen molar-refractivity contribution in [2.45, 2.75) is 39.3 Å². The average Bonchev–Trinajstić information content (AvgIpc) is 2.81. The largest absolute Gasteiger partial charge is 0.357 e. The third-order valence-electron chi connectivity index (χ3n) is 5.78. The number of amides is 2. The fraction of sp³-hybridized carbons (Fsp3) is 0.259. The van der Waals surface area contributed by atoms with Crippen molar-refractivity contribution in [2.24, 2.45) is 0 Å². The van der Waals surface area contributed by atoms with Crippen molar-refractivity contribution in [3.63, 3.8) is 0 Å². The van der Waals surface area contributed by atoms with Gasteiger partial charge in [-0.05, 0) is 53.8 Å². The molecule has 3 aromatic rings. The Morgan fingerprint density at radius 2 is 1.55 bits per heavy atom. The summed E-state index contributed by atoms with van der Waals surface area (Å²) in [5.74, 6) is -0.346. The van der Waals surface area contributed by atoms with Crippen LogP contribution in [0.5, 0.6) is 0 Å². The number of hydrogen-bond donors (Lipinski definition) is 1. The molecule has 172 valence electrons. The highest BCUT2D eigenvalue weighted by atomic mass is 35.5. The molecule has 0 spiro atoms. The average molecular weight is 483 g/mol. The molecule has 0 aliphatic carbocycles. The van der Waals surface area contributed by atoms with Crippen molar-refractivity contribution in [2.75, 3.05) is 7.05 Å². The number of benzene rings is 3. The molecule has 1 atom stereocenters. The number of rotatable bonds is 8. The first kappa shape index (κ1) is 24.8. The van der Waals surface area contributed by atoms with Crippen molar-refractivity contribution in [3.05, 3.63) is 105 Å². The maximum Gasteiger partial charge on any atom is 0.242 e. The molecule has 2 amide bonds. The van der Waals surface area contributed by atoms with Crippen molar-refractivity contribution < 1.29 is 9.59 Å². The molecule has 0 heterocycles. The van der Waals surface area contributed by atoms with Crippen LogP contribution in [0.4, 0.5) is 0 Å². The number of likely N-dealkylation sites (N-methyl/N-ethyl adjacent to an activating group) is 1. The predicted molar refractivity (Wildman–Crippen MR) is 135 cm³/mol. The maximum absolute atomic E-state index is 13.6.